The SMILES string of the molecule is c1cncc(COCC[C@@H]2CN(Cc3ccco3)Cc3cccn32)c1. The number of furan rings is 1. The smallest absolute Gasteiger partial charge is 0.117 e. The topological polar surface area (TPSA) is 43.4 Å². The quantitative estimate of drug-likeness (QED) is 0.617. The Morgan fingerprint density at radius 3 is 3.04 bits per heavy atom. The van der Waals surface area contributed by atoms with Crippen LogP contribution in [0.25, 0.3) is 0 Å². The molecule has 130 valence electrons. The molecule has 3 aromatic heterocycles. The second-order valence-corrected chi connectivity index (χ2v) is 6.51. The normalized spacial score (nSPS) is 17.5. The molecule has 0 aliphatic carbocycles. The van der Waals surface area contributed by atoms with Gasteiger partial charge in [0.05, 0.1) is 19.4 Å². The lowest BCUT2D eigenvalue weighted by molar-refractivity contribution is 0.0894. The van der Waals surface area contributed by atoms with Gasteiger partial charge < -0.3 is 13.7 Å². The van der Waals surface area contributed by atoms with Gasteiger partial charge in [-0.3, -0.25) is 9.88 Å². The molecule has 0 bridgehead atoms. The van der Waals surface area contributed by atoms with Gasteiger partial charge in [0.25, 0.3) is 0 Å². The third-order valence-corrected chi connectivity index (χ3v) is 4.66. The van der Waals surface area contributed by atoms with Crippen molar-refractivity contribution in [3.05, 3.63) is 78.3 Å². The Labute approximate surface area is 147 Å². The van der Waals surface area contributed by atoms with Crippen LogP contribution >= 0.6 is 0 Å². The zero-order valence-corrected chi connectivity index (χ0v) is 14.3. The van der Waals surface area contributed by atoms with Crippen LogP contribution in [0.15, 0.2) is 65.7 Å². The average Bonchev–Trinajstić information content (AvgIpc) is 3.31. The molecule has 5 nitrogen and oxygen atoms in total. The Hall–Kier alpha value is -2.37. The summed E-state index contributed by atoms with van der Waals surface area (Å²) < 4.78 is 13.8. The maximum Gasteiger partial charge on any atom is 0.117 e. The zero-order valence-electron chi connectivity index (χ0n) is 14.3. The van der Waals surface area contributed by atoms with Crippen molar-refractivity contribution >= 4 is 0 Å². The first-order valence-corrected chi connectivity index (χ1v) is 8.75. The average molecular weight is 337 g/mol. The molecule has 0 spiro atoms. The fourth-order valence-corrected chi connectivity index (χ4v) is 3.47. The van der Waals surface area contributed by atoms with E-state index in [-0.39, 0.29) is 0 Å². The van der Waals surface area contributed by atoms with Gasteiger partial charge in [0.1, 0.15) is 5.76 Å². The summed E-state index contributed by atoms with van der Waals surface area (Å²) in [7, 11) is 0. The summed E-state index contributed by atoms with van der Waals surface area (Å²) >= 11 is 0. The van der Waals surface area contributed by atoms with Crippen molar-refractivity contribution < 1.29 is 9.15 Å². The number of pyridine rings is 1. The highest BCUT2D eigenvalue weighted by Crippen LogP contribution is 2.26. The molecule has 1 aliphatic heterocycles. The van der Waals surface area contributed by atoms with Crippen LogP contribution in [0.2, 0.25) is 0 Å². The lowest BCUT2D eigenvalue weighted by Crippen LogP contribution is -2.36. The van der Waals surface area contributed by atoms with E-state index in [9.17, 15) is 0 Å². The standard InChI is InChI=1S/C20H23N3O2/c1-4-17(12-21-8-1)16-24-11-7-19-14-22(15-20-6-3-10-25-20)13-18-5-2-9-23(18)19/h1-6,8-10,12,19H,7,11,13-16H2/t19-/m1/s1. The number of ether oxygens (including phenoxy) is 1. The second-order valence-electron chi connectivity index (χ2n) is 6.51. The van der Waals surface area contributed by atoms with Crippen molar-refractivity contribution in [2.24, 2.45) is 0 Å². The minimum Gasteiger partial charge on any atom is -0.468 e. The molecular formula is C20H23N3O2. The highest BCUT2D eigenvalue weighted by Gasteiger charge is 2.24. The lowest BCUT2D eigenvalue weighted by atomic mass is 10.1. The molecule has 0 amide bonds. The van der Waals surface area contributed by atoms with Crippen molar-refractivity contribution in [1.29, 1.82) is 0 Å². The van der Waals surface area contributed by atoms with Gasteiger partial charge in [0.15, 0.2) is 0 Å². The molecule has 0 aromatic carbocycles. The number of hydrogen-bond donors (Lipinski definition) is 0. The first-order chi connectivity index (χ1) is 12.4. The molecule has 0 radical (unpaired) electrons. The molecule has 0 saturated heterocycles. The maximum atomic E-state index is 5.86. The van der Waals surface area contributed by atoms with Crippen LogP contribution in [0.4, 0.5) is 0 Å². The minimum atomic E-state index is 0.433. The van der Waals surface area contributed by atoms with Crippen LogP contribution in [0.5, 0.6) is 0 Å². The second kappa shape index (κ2) is 7.68. The van der Waals surface area contributed by atoms with E-state index in [0.29, 0.717) is 12.6 Å². The molecule has 0 saturated carbocycles. The molecule has 25 heavy (non-hydrogen) atoms. The van der Waals surface area contributed by atoms with Crippen molar-refractivity contribution in [1.82, 2.24) is 14.5 Å². The van der Waals surface area contributed by atoms with E-state index >= 15 is 0 Å². The number of hydrogen-bond acceptors (Lipinski definition) is 4. The van der Waals surface area contributed by atoms with E-state index in [4.69, 9.17) is 9.15 Å². The fourth-order valence-electron chi connectivity index (χ4n) is 3.47. The molecule has 0 N–H and O–H groups in total. The van der Waals surface area contributed by atoms with Crippen LogP contribution < -0.4 is 0 Å². The molecule has 4 heterocycles. The summed E-state index contributed by atoms with van der Waals surface area (Å²) in [6, 6.07) is 12.8. The number of fused-ring (bicyclic) bond motifs is 1. The zero-order chi connectivity index (χ0) is 16.9. The van der Waals surface area contributed by atoms with Gasteiger partial charge in [0, 0.05) is 50.0 Å². The first-order valence-electron chi connectivity index (χ1n) is 8.75. The number of nitrogens with zero attached hydrogens (tertiary/aromatic N) is 3. The van der Waals surface area contributed by atoms with Gasteiger partial charge in [-0.05, 0) is 42.3 Å². The molecule has 1 atom stereocenters. The van der Waals surface area contributed by atoms with Gasteiger partial charge >= 0.3 is 0 Å². The van der Waals surface area contributed by atoms with E-state index in [1.54, 1.807) is 12.5 Å². The monoisotopic (exact) mass is 337 g/mol. The highest BCUT2D eigenvalue weighted by atomic mass is 16.5. The molecule has 1 aliphatic rings. The number of aromatic nitrogens is 2. The molecule has 0 fully saturated rings. The largest absolute Gasteiger partial charge is 0.468 e. The number of rotatable bonds is 7. The first kappa shape index (κ1) is 16.1. The minimum absolute atomic E-state index is 0.433. The highest BCUT2D eigenvalue weighted by molar-refractivity contribution is 5.12. The van der Waals surface area contributed by atoms with Crippen LogP contribution in [-0.2, 0) is 24.4 Å². The molecule has 0 unspecified atom stereocenters. The summed E-state index contributed by atoms with van der Waals surface area (Å²) in [5.41, 5.74) is 2.47. The molecule has 3 aromatic rings. The molecular weight excluding hydrogens is 314 g/mol. The molecule has 4 rings (SSSR count). The molecule has 5 heteroatoms. The van der Waals surface area contributed by atoms with Crippen molar-refractivity contribution in [2.45, 2.75) is 32.2 Å². The van der Waals surface area contributed by atoms with Gasteiger partial charge in [-0.2, -0.15) is 0 Å². The summed E-state index contributed by atoms with van der Waals surface area (Å²) in [5.74, 6) is 1.02. The Balaban J connectivity index is 1.33. The third-order valence-electron chi connectivity index (χ3n) is 4.66. The predicted octanol–water partition coefficient (Wildman–Crippen LogP) is 3.64. The summed E-state index contributed by atoms with van der Waals surface area (Å²) in [6.07, 6.45) is 8.57. The Morgan fingerprint density at radius 2 is 2.20 bits per heavy atom. The van der Waals surface area contributed by atoms with Crippen molar-refractivity contribution in [2.75, 3.05) is 13.2 Å². The fraction of sp³-hybridized carbons (Fsp3) is 0.350. The third kappa shape index (κ3) is 4.00. The van der Waals surface area contributed by atoms with E-state index < -0.39 is 0 Å². The van der Waals surface area contributed by atoms with E-state index in [0.717, 1.165) is 44.0 Å². The summed E-state index contributed by atoms with van der Waals surface area (Å²) in [4.78, 5) is 6.57. The van der Waals surface area contributed by atoms with Crippen LogP contribution in [0.1, 0.15) is 29.5 Å². The van der Waals surface area contributed by atoms with Crippen LogP contribution in [-0.4, -0.2) is 27.6 Å². The maximum absolute atomic E-state index is 5.86. The van der Waals surface area contributed by atoms with Gasteiger partial charge in [-0.15, -0.1) is 0 Å². The lowest BCUT2D eigenvalue weighted by Gasteiger charge is -2.34. The van der Waals surface area contributed by atoms with Crippen molar-refractivity contribution in [3.63, 3.8) is 0 Å². The van der Waals surface area contributed by atoms with E-state index in [1.165, 1.54) is 5.69 Å². The Bertz CT molecular complexity index is 767. The van der Waals surface area contributed by atoms with Gasteiger partial charge in [0.2, 0.25) is 0 Å². The Kier molecular flexibility index (Phi) is 4.95. The van der Waals surface area contributed by atoms with E-state index in [2.05, 4.69) is 32.8 Å². The van der Waals surface area contributed by atoms with Crippen LogP contribution in [0.3, 0.4) is 0 Å². The van der Waals surface area contributed by atoms with Gasteiger partial charge in [-0.25, -0.2) is 0 Å². The predicted molar refractivity (Wildman–Crippen MR) is 94.8 cm³/mol. The Morgan fingerprint density at radius 1 is 1.20 bits per heavy atom. The van der Waals surface area contributed by atoms with Gasteiger partial charge in [-0.1, -0.05) is 6.07 Å². The van der Waals surface area contributed by atoms with Crippen molar-refractivity contribution in [3.8, 4) is 0 Å². The van der Waals surface area contributed by atoms with E-state index in [1.807, 2.05) is 30.5 Å². The van der Waals surface area contributed by atoms with Crippen LogP contribution in [0, 0.1) is 0 Å². The summed E-state index contributed by atoms with van der Waals surface area (Å²) in [5, 5.41) is 0. The summed E-state index contributed by atoms with van der Waals surface area (Å²) in [6.45, 7) is 4.19.